The van der Waals surface area contributed by atoms with Crippen LogP contribution in [0.3, 0.4) is 0 Å². The van der Waals surface area contributed by atoms with Gasteiger partial charge in [-0.2, -0.15) is 5.10 Å². The van der Waals surface area contributed by atoms with E-state index in [0.29, 0.717) is 0 Å². The number of nitrogens with zero attached hydrogens (tertiary/aromatic N) is 2. The Kier molecular flexibility index (Phi) is 4.40. The number of nitrogens with one attached hydrogen (secondary N) is 1. The molecule has 1 fully saturated rings. The zero-order chi connectivity index (χ0) is 11.2. The minimum atomic E-state index is 0.862. The highest BCUT2D eigenvalue weighted by atomic mass is 15.3. The molecule has 3 heteroatoms. The molecule has 0 spiro atoms. The maximum Gasteiger partial charge on any atom is 0.0534 e. The Hall–Kier alpha value is -0.830. The van der Waals surface area contributed by atoms with Crippen molar-refractivity contribution in [2.24, 2.45) is 5.92 Å². The van der Waals surface area contributed by atoms with Crippen LogP contribution in [0.5, 0.6) is 0 Å². The summed E-state index contributed by atoms with van der Waals surface area (Å²) in [5, 5.41) is 7.77. The van der Waals surface area contributed by atoms with Crippen molar-refractivity contribution in [3.63, 3.8) is 0 Å². The molecule has 1 heterocycles. The Bertz CT molecular complexity index is 300. The smallest absolute Gasteiger partial charge is 0.0534 e. The van der Waals surface area contributed by atoms with Gasteiger partial charge < -0.3 is 5.32 Å². The molecule has 1 aromatic rings. The molecule has 0 bridgehead atoms. The molecule has 0 amide bonds. The largest absolute Gasteiger partial charge is 0.313 e. The fourth-order valence-electron chi connectivity index (χ4n) is 2.50. The Morgan fingerprint density at radius 1 is 1.38 bits per heavy atom. The third-order valence-corrected chi connectivity index (χ3v) is 3.44. The molecule has 0 radical (unpaired) electrons. The highest BCUT2D eigenvalue weighted by Gasteiger charge is 2.14. The van der Waals surface area contributed by atoms with E-state index in [1.807, 2.05) is 6.20 Å². The van der Waals surface area contributed by atoms with Crippen LogP contribution in [-0.4, -0.2) is 16.3 Å². The van der Waals surface area contributed by atoms with Crippen molar-refractivity contribution in [3.8, 4) is 0 Å². The standard InChI is InChI=1S/C13H23N3/c1-2-14-8-13-9-15-16(11-13)10-12-6-4-3-5-7-12/h9,11-12,14H,2-8,10H2,1H3. The van der Waals surface area contributed by atoms with Crippen molar-refractivity contribution < 1.29 is 0 Å². The van der Waals surface area contributed by atoms with E-state index in [9.17, 15) is 0 Å². The second kappa shape index (κ2) is 6.04. The van der Waals surface area contributed by atoms with Gasteiger partial charge in [0.2, 0.25) is 0 Å². The van der Waals surface area contributed by atoms with E-state index in [2.05, 4.69) is 28.2 Å². The average molecular weight is 221 g/mol. The summed E-state index contributed by atoms with van der Waals surface area (Å²) in [6.45, 7) is 5.22. The summed E-state index contributed by atoms with van der Waals surface area (Å²) < 4.78 is 2.13. The van der Waals surface area contributed by atoms with Gasteiger partial charge >= 0.3 is 0 Å². The van der Waals surface area contributed by atoms with E-state index in [0.717, 1.165) is 25.6 Å². The lowest BCUT2D eigenvalue weighted by Gasteiger charge is -2.21. The van der Waals surface area contributed by atoms with Gasteiger partial charge in [-0.3, -0.25) is 4.68 Å². The van der Waals surface area contributed by atoms with Crippen molar-refractivity contribution >= 4 is 0 Å². The molecule has 1 aromatic heterocycles. The van der Waals surface area contributed by atoms with Crippen LogP contribution in [0.15, 0.2) is 12.4 Å². The van der Waals surface area contributed by atoms with Crippen LogP contribution in [0.25, 0.3) is 0 Å². The van der Waals surface area contributed by atoms with Crippen LogP contribution in [0.1, 0.15) is 44.6 Å². The second-order valence-electron chi connectivity index (χ2n) is 4.85. The van der Waals surface area contributed by atoms with Crippen LogP contribution in [0, 0.1) is 5.92 Å². The first-order valence-electron chi connectivity index (χ1n) is 6.60. The van der Waals surface area contributed by atoms with E-state index in [-0.39, 0.29) is 0 Å². The lowest BCUT2D eigenvalue weighted by molar-refractivity contribution is 0.308. The maximum absolute atomic E-state index is 4.44. The first-order valence-corrected chi connectivity index (χ1v) is 6.60. The highest BCUT2D eigenvalue weighted by Crippen LogP contribution is 2.24. The van der Waals surface area contributed by atoms with E-state index < -0.39 is 0 Å². The summed E-state index contributed by atoms with van der Waals surface area (Å²) in [5.74, 6) is 0.862. The van der Waals surface area contributed by atoms with Crippen LogP contribution >= 0.6 is 0 Å². The van der Waals surface area contributed by atoms with Crippen LogP contribution in [0.2, 0.25) is 0 Å². The van der Waals surface area contributed by atoms with Crippen molar-refractivity contribution in [2.75, 3.05) is 6.54 Å². The van der Waals surface area contributed by atoms with E-state index in [1.165, 1.54) is 37.7 Å². The molecule has 0 atom stereocenters. The molecule has 1 N–H and O–H groups in total. The molecule has 16 heavy (non-hydrogen) atoms. The van der Waals surface area contributed by atoms with Gasteiger partial charge in [-0.25, -0.2) is 0 Å². The lowest BCUT2D eigenvalue weighted by atomic mass is 9.89. The first-order chi connectivity index (χ1) is 7.88. The van der Waals surface area contributed by atoms with Crippen molar-refractivity contribution in [1.29, 1.82) is 0 Å². The van der Waals surface area contributed by atoms with E-state index in [4.69, 9.17) is 0 Å². The minimum absolute atomic E-state index is 0.862. The predicted molar refractivity (Wildman–Crippen MR) is 66.2 cm³/mol. The summed E-state index contributed by atoms with van der Waals surface area (Å²) in [7, 11) is 0. The lowest BCUT2D eigenvalue weighted by Crippen LogP contribution is -2.14. The van der Waals surface area contributed by atoms with Gasteiger partial charge in [0.25, 0.3) is 0 Å². The summed E-state index contributed by atoms with van der Waals surface area (Å²) in [5.41, 5.74) is 1.30. The molecule has 0 saturated heterocycles. The molecule has 1 aliphatic carbocycles. The van der Waals surface area contributed by atoms with Gasteiger partial charge in [-0.05, 0) is 25.3 Å². The summed E-state index contributed by atoms with van der Waals surface area (Å²) >= 11 is 0. The Balaban J connectivity index is 1.81. The zero-order valence-electron chi connectivity index (χ0n) is 10.3. The van der Waals surface area contributed by atoms with Gasteiger partial charge in [0, 0.05) is 24.8 Å². The monoisotopic (exact) mass is 221 g/mol. The zero-order valence-corrected chi connectivity index (χ0v) is 10.3. The fourth-order valence-corrected chi connectivity index (χ4v) is 2.50. The van der Waals surface area contributed by atoms with Crippen molar-refractivity contribution in [1.82, 2.24) is 15.1 Å². The first kappa shape index (κ1) is 11.6. The topological polar surface area (TPSA) is 29.9 Å². The average Bonchev–Trinajstić information content (AvgIpc) is 2.75. The normalized spacial score (nSPS) is 17.8. The second-order valence-corrected chi connectivity index (χ2v) is 4.85. The summed E-state index contributed by atoms with van der Waals surface area (Å²) in [4.78, 5) is 0. The molecular formula is C13H23N3. The fraction of sp³-hybridized carbons (Fsp3) is 0.769. The van der Waals surface area contributed by atoms with Gasteiger partial charge in [-0.1, -0.05) is 26.2 Å². The Morgan fingerprint density at radius 2 is 2.19 bits per heavy atom. The minimum Gasteiger partial charge on any atom is -0.313 e. The Labute approximate surface area is 98.2 Å². The molecule has 2 rings (SSSR count). The number of hydrogen-bond donors (Lipinski definition) is 1. The third-order valence-electron chi connectivity index (χ3n) is 3.44. The number of rotatable bonds is 5. The summed E-state index contributed by atoms with van der Waals surface area (Å²) in [6.07, 6.45) is 11.2. The van der Waals surface area contributed by atoms with Gasteiger partial charge in [0.1, 0.15) is 0 Å². The van der Waals surface area contributed by atoms with Crippen LogP contribution in [0.4, 0.5) is 0 Å². The quantitative estimate of drug-likeness (QED) is 0.828. The van der Waals surface area contributed by atoms with Crippen molar-refractivity contribution in [2.45, 2.75) is 52.1 Å². The predicted octanol–water partition coefficient (Wildman–Crippen LogP) is 2.57. The summed E-state index contributed by atoms with van der Waals surface area (Å²) in [6, 6.07) is 0. The van der Waals surface area contributed by atoms with Crippen LogP contribution in [-0.2, 0) is 13.1 Å². The molecule has 0 unspecified atom stereocenters. The molecule has 3 nitrogen and oxygen atoms in total. The van der Waals surface area contributed by atoms with E-state index >= 15 is 0 Å². The molecular weight excluding hydrogens is 198 g/mol. The van der Waals surface area contributed by atoms with Gasteiger partial charge in [0.05, 0.1) is 6.20 Å². The molecule has 0 aromatic carbocycles. The SMILES string of the molecule is CCNCc1cnn(CC2CCCCC2)c1. The highest BCUT2D eigenvalue weighted by molar-refractivity contribution is 5.03. The maximum atomic E-state index is 4.44. The molecule has 90 valence electrons. The van der Waals surface area contributed by atoms with Crippen LogP contribution < -0.4 is 5.32 Å². The van der Waals surface area contributed by atoms with Crippen molar-refractivity contribution in [3.05, 3.63) is 18.0 Å². The Morgan fingerprint density at radius 3 is 2.94 bits per heavy atom. The number of aromatic nitrogens is 2. The van der Waals surface area contributed by atoms with E-state index in [1.54, 1.807) is 0 Å². The number of hydrogen-bond acceptors (Lipinski definition) is 2. The third kappa shape index (κ3) is 3.34. The molecule has 1 saturated carbocycles. The van der Waals surface area contributed by atoms with Gasteiger partial charge in [-0.15, -0.1) is 0 Å². The van der Waals surface area contributed by atoms with Gasteiger partial charge in [0.15, 0.2) is 0 Å². The molecule has 0 aliphatic heterocycles. The molecule has 1 aliphatic rings.